The minimum Gasteiger partial charge on any atom is -0.327 e. The van der Waals surface area contributed by atoms with Crippen LogP contribution in [0.5, 0.6) is 0 Å². The predicted octanol–water partition coefficient (Wildman–Crippen LogP) is 2.64. The maximum Gasteiger partial charge on any atom is 0.429 e. The van der Waals surface area contributed by atoms with Crippen LogP contribution in [0, 0.1) is 0 Å². The number of hydrogen-bond acceptors (Lipinski definition) is 3. The lowest BCUT2D eigenvalue weighted by molar-refractivity contribution is -0.216. The van der Waals surface area contributed by atoms with E-state index in [1.807, 2.05) is 6.92 Å². The highest BCUT2D eigenvalue weighted by atomic mass is 19.4. The third-order valence-electron chi connectivity index (χ3n) is 2.39. The molecule has 0 fully saturated rings. The fraction of sp³-hybridized carbons (Fsp3) is 0.900. The van der Waals surface area contributed by atoms with Gasteiger partial charge in [0.2, 0.25) is 6.17 Å². The maximum absolute atomic E-state index is 13.0. The molecule has 0 radical (unpaired) electrons. The topological polar surface area (TPSA) is 18.8 Å². The Balaban J connectivity index is 2.93. The van der Waals surface area contributed by atoms with Crippen molar-refractivity contribution in [2.45, 2.75) is 52.0 Å². The average Bonchev–Trinajstić information content (AvgIpc) is 2.46. The predicted molar refractivity (Wildman–Crippen MR) is 56.9 cm³/mol. The highest BCUT2D eigenvalue weighted by Gasteiger charge is 2.51. The first-order valence-electron chi connectivity index (χ1n) is 5.34. The largest absolute Gasteiger partial charge is 0.429 e. The molecular weight excluding hydrogens is 219 g/mol. The van der Waals surface area contributed by atoms with E-state index in [1.54, 1.807) is 20.8 Å². The molecule has 1 atom stereocenters. The Hall–Kier alpha value is -0.940. The van der Waals surface area contributed by atoms with Crippen molar-refractivity contribution in [1.82, 2.24) is 9.91 Å². The summed E-state index contributed by atoms with van der Waals surface area (Å²) in [7, 11) is 0. The standard InChI is InChI=1S/C10H18F3N3/c1-5-6-16-8(10(11,12)13)15(7-14-16)9(2,3)4/h7-8H,5-6H2,1-4H3. The molecule has 0 aromatic rings. The van der Waals surface area contributed by atoms with Crippen LogP contribution >= 0.6 is 0 Å². The van der Waals surface area contributed by atoms with Gasteiger partial charge in [-0.05, 0) is 27.2 Å². The van der Waals surface area contributed by atoms with E-state index in [0.29, 0.717) is 13.0 Å². The lowest BCUT2D eigenvalue weighted by atomic mass is 10.1. The maximum atomic E-state index is 13.0. The second-order valence-electron chi connectivity index (χ2n) is 4.89. The molecule has 0 N–H and O–H groups in total. The zero-order valence-electron chi connectivity index (χ0n) is 10.0. The summed E-state index contributed by atoms with van der Waals surface area (Å²) in [6.45, 7) is 7.38. The lowest BCUT2D eigenvalue weighted by Gasteiger charge is -2.39. The van der Waals surface area contributed by atoms with Gasteiger partial charge in [-0.1, -0.05) is 6.92 Å². The van der Waals surface area contributed by atoms with Gasteiger partial charge in [-0.15, -0.1) is 0 Å². The number of hydrogen-bond donors (Lipinski definition) is 0. The van der Waals surface area contributed by atoms with Gasteiger partial charge in [0.05, 0.1) is 0 Å². The van der Waals surface area contributed by atoms with Gasteiger partial charge in [-0.3, -0.25) is 5.01 Å². The number of halogens is 3. The van der Waals surface area contributed by atoms with Crippen molar-refractivity contribution in [1.29, 1.82) is 0 Å². The molecular formula is C10H18F3N3. The van der Waals surface area contributed by atoms with Crippen LogP contribution < -0.4 is 0 Å². The first kappa shape index (κ1) is 13.1. The summed E-state index contributed by atoms with van der Waals surface area (Å²) in [5.41, 5.74) is -0.591. The second kappa shape index (κ2) is 4.14. The molecule has 6 heteroatoms. The van der Waals surface area contributed by atoms with Gasteiger partial charge in [0.25, 0.3) is 0 Å². The Morgan fingerprint density at radius 2 is 1.81 bits per heavy atom. The molecule has 1 aliphatic heterocycles. The molecule has 3 nitrogen and oxygen atoms in total. The molecule has 1 heterocycles. The van der Waals surface area contributed by atoms with E-state index in [2.05, 4.69) is 5.10 Å². The van der Waals surface area contributed by atoms with Gasteiger partial charge in [0, 0.05) is 12.1 Å². The van der Waals surface area contributed by atoms with Gasteiger partial charge in [0.1, 0.15) is 6.34 Å². The van der Waals surface area contributed by atoms with Crippen LogP contribution in [0.3, 0.4) is 0 Å². The summed E-state index contributed by atoms with van der Waals surface area (Å²) in [6.07, 6.45) is -4.00. The summed E-state index contributed by atoms with van der Waals surface area (Å²) >= 11 is 0. The second-order valence-corrected chi connectivity index (χ2v) is 4.89. The van der Waals surface area contributed by atoms with Gasteiger partial charge in [-0.25, -0.2) is 0 Å². The Morgan fingerprint density at radius 1 is 1.25 bits per heavy atom. The summed E-state index contributed by atoms with van der Waals surface area (Å²) in [5, 5.41) is 4.94. The van der Waals surface area contributed by atoms with Crippen molar-refractivity contribution < 1.29 is 13.2 Å². The monoisotopic (exact) mass is 237 g/mol. The molecule has 0 aliphatic carbocycles. The molecule has 0 bridgehead atoms. The van der Waals surface area contributed by atoms with Gasteiger partial charge >= 0.3 is 6.18 Å². The molecule has 1 aliphatic rings. The summed E-state index contributed by atoms with van der Waals surface area (Å²) in [4.78, 5) is 1.25. The van der Waals surface area contributed by atoms with Crippen molar-refractivity contribution in [2.24, 2.45) is 5.10 Å². The van der Waals surface area contributed by atoms with Gasteiger partial charge in [0.15, 0.2) is 0 Å². The fourth-order valence-electron chi connectivity index (χ4n) is 1.67. The Kier molecular flexibility index (Phi) is 3.40. The van der Waals surface area contributed by atoms with Crippen LogP contribution in [0.4, 0.5) is 13.2 Å². The minimum atomic E-state index is -4.29. The van der Waals surface area contributed by atoms with E-state index in [0.717, 1.165) is 5.01 Å². The smallest absolute Gasteiger partial charge is 0.327 e. The van der Waals surface area contributed by atoms with Crippen LogP contribution in [0.2, 0.25) is 0 Å². The van der Waals surface area contributed by atoms with Crippen LogP contribution in [-0.4, -0.2) is 40.7 Å². The first-order valence-corrected chi connectivity index (χ1v) is 5.34. The highest BCUT2D eigenvalue weighted by molar-refractivity contribution is 5.58. The first-order chi connectivity index (χ1) is 7.18. The Labute approximate surface area is 93.9 Å². The summed E-state index contributed by atoms with van der Waals surface area (Å²) in [6, 6.07) is 0. The van der Waals surface area contributed by atoms with Crippen LogP contribution in [0.15, 0.2) is 5.10 Å². The van der Waals surface area contributed by atoms with Crippen LogP contribution in [0.25, 0.3) is 0 Å². The van der Waals surface area contributed by atoms with Gasteiger partial charge in [-0.2, -0.15) is 18.3 Å². The molecule has 0 aromatic carbocycles. The van der Waals surface area contributed by atoms with Crippen LogP contribution in [0.1, 0.15) is 34.1 Å². The van der Waals surface area contributed by atoms with E-state index in [4.69, 9.17) is 0 Å². The summed E-state index contributed by atoms with van der Waals surface area (Å²) in [5.74, 6) is 0. The van der Waals surface area contributed by atoms with Gasteiger partial charge < -0.3 is 4.90 Å². The zero-order chi connectivity index (χ0) is 12.6. The molecule has 1 rings (SSSR count). The van der Waals surface area contributed by atoms with E-state index >= 15 is 0 Å². The quantitative estimate of drug-likeness (QED) is 0.735. The van der Waals surface area contributed by atoms with Crippen molar-refractivity contribution in [2.75, 3.05) is 6.54 Å². The minimum absolute atomic E-state index is 0.313. The molecule has 94 valence electrons. The van der Waals surface area contributed by atoms with E-state index in [-0.39, 0.29) is 0 Å². The van der Waals surface area contributed by atoms with E-state index in [1.165, 1.54) is 11.2 Å². The molecule has 0 spiro atoms. The number of rotatable bonds is 2. The molecule has 16 heavy (non-hydrogen) atoms. The average molecular weight is 237 g/mol. The number of hydrazone groups is 1. The van der Waals surface area contributed by atoms with Crippen molar-refractivity contribution in [3.63, 3.8) is 0 Å². The van der Waals surface area contributed by atoms with E-state index < -0.39 is 17.9 Å². The van der Waals surface area contributed by atoms with Crippen molar-refractivity contribution >= 4 is 6.34 Å². The number of nitrogens with zero attached hydrogens (tertiary/aromatic N) is 3. The third kappa shape index (κ3) is 2.59. The number of alkyl halides is 3. The van der Waals surface area contributed by atoms with Crippen molar-refractivity contribution in [3.8, 4) is 0 Å². The molecule has 0 aromatic heterocycles. The molecule has 0 saturated carbocycles. The molecule has 0 amide bonds. The van der Waals surface area contributed by atoms with E-state index in [9.17, 15) is 13.2 Å². The molecule has 0 saturated heterocycles. The van der Waals surface area contributed by atoms with Crippen molar-refractivity contribution in [3.05, 3.63) is 0 Å². The lowest BCUT2D eigenvalue weighted by Crippen LogP contribution is -2.56. The normalized spacial score (nSPS) is 22.1. The Morgan fingerprint density at radius 3 is 2.19 bits per heavy atom. The SMILES string of the molecule is CCCN1N=CN(C(C)(C)C)C1C(F)(F)F. The summed E-state index contributed by atoms with van der Waals surface area (Å²) < 4.78 is 38.9. The Bertz CT molecular complexity index is 267. The molecule has 1 unspecified atom stereocenters. The fourth-order valence-corrected chi connectivity index (χ4v) is 1.67. The third-order valence-corrected chi connectivity index (χ3v) is 2.39. The highest BCUT2D eigenvalue weighted by Crippen LogP contribution is 2.34. The van der Waals surface area contributed by atoms with Crippen LogP contribution in [-0.2, 0) is 0 Å². The zero-order valence-corrected chi connectivity index (χ0v) is 10.0.